The first kappa shape index (κ1) is 14.1. The summed E-state index contributed by atoms with van der Waals surface area (Å²) in [5.41, 5.74) is 1.36. The van der Waals surface area contributed by atoms with Gasteiger partial charge in [-0.05, 0) is 29.8 Å². The van der Waals surface area contributed by atoms with E-state index in [9.17, 15) is 9.59 Å². The fraction of sp³-hybridized carbons (Fsp3) is 0.176. The minimum Gasteiger partial charge on any atom is -0.497 e. The van der Waals surface area contributed by atoms with E-state index in [1.165, 1.54) is 12.1 Å². The van der Waals surface area contributed by atoms with Crippen LogP contribution in [-0.2, 0) is 0 Å². The second kappa shape index (κ2) is 5.52. The fourth-order valence-corrected chi connectivity index (χ4v) is 2.49. The third kappa shape index (κ3) is 2.53. The lowest BCUT2D eigenvalue weighted by Crippen LogP contribution is -2.20. The first-order chi connectivity index (χ1) is 10.6. The number of carboxylic acid groups (broad SMARTS) is 1. The number of fused-ring (bicyclic) bond motifs is 1. The molecule has 22 heavy (non-hydrogen) atoms. The van der Waals surface area contributed by atoms with Crippen LogP contribution >= 0.6 is 0 Å². The number of carbonyl (C=O) groups excluding carboxylic acids is 1. The Bertz CT molecular complexity index is 750. The van der Waals surface area contributed by atoms with Gasteiger partial charge in [0.25, 0.3) is 0 Å². The molecule has 1 aliphatic heterocycles. The van der Waals surface area contributed by atoms with Crippen LogP contribution in [0.3, 0.4) is 0 Å². The van der Waals surface area contributed by atoms with Gasteiger partial charge in [0.05, 0.1) is 24.7 Å². The van der Waals surface area contributed by atoms with Gasteiger partial charge in [0.15, 0.2) is 5.78 Å². The van der Waals surface area contributed by atoms with E-state index >= 15 is 0 Å². The first-order valence-electron chi connectivity index (χ1n) is 6.79. The highest BCUT2D eigenvalue weighted by Crippen LogP contribution is 2.37. The first-order valence-corrected chi connectivity index (χ1v) is 6.79. The number of hydrogen-bond donors (Lipinski definition) is 1. The Kier molecular flexibility index (Phi) is 3.55. The molecule has 0 saturated heterocycles. The number of ketones is 1. The molecule has 1 unspecified atom stereocenters. The van der Waals surface area contributed by atoms with E-state index in [4.69, 9.17) is 14.6 Å². The van der Waals surface area contributed by atoms with E-state index in [0.29, 0.717) is 22.6 Å². The van der Waals surface area contributed by atoms with Crippen molar-refractivity contribution in [3.8, 4) is 11.5 Å². The summed E-state index contributed by atoms with van der Waals surface area (Å²) >= 11 is 0. The standard InChI is InChI=1S/C17H14O5/c1-21-12-5-6-13-14(18)9-15(22-16(13)8-12)10-3-2-4-11(7-10)17(19)20/h2-8,15H,9H2,1H3,(H,19,20). The zero-order valence-electron chi connectivity index (χ0n) is 11.9. The van der Waals surface area contributed by atoms with Crippen molar-refractivity contribution in [2.75, 3.05) is 7.11 Å². The average molecular weight is 298 g/mol. The van der Waals surface area contributed by atoms with Gasteiger partial charge in [-0.2, -0.15) is 0 Å². The molecule has 1 atom stereocenters. The van der Waals surface area contributed by atoms with Crippen LogP contribution in [-0.4, -0.2) is 24.0 Å². The molecule has 0 fully saturated rings. The van der Waals surface area contributed by atoms with E-state index in [1.54, 1.807) is 37.4 Å². The van der Waals surface area contributed by atoms with Crippen LogP contribution in [0.5, 0.6) is 11.5 Å². The number of methoxy groups -OCH3 is 1. The summed E-state index contributed by atoms with van der Waals surface area (Å²) in [6.07, 6.45) is -0.311. The van der Waals surface area contributed by atoms with Crippen molar-refractivity contribution in [1.29, 1.82) is 0 Å². The second-order valence-electron chi connectivity index (χ2n) is 5.03. The molecular formula is C17H14O5. The highest BCUT2D eigenvalue weighted by molar-refractivity contribution is 6.00. The zero-order chi connectivity index (χ0) is 15.7. The maximum absolute atomic E-state index is 12.3. The summed E-state index contributed by atoms with van der Waals surface area (Å²) in [6, 6.07) is 11.5. The Morgan fingerprint density at radius 3 is 2.82 bits per heavy atom. The summed E-state index contributed by atoms with van der Waals surface area (Å²) < 4.78 is 11.0. The van der Waals surface area contributed by atoms with Crippen LogP contribution in [0.15, 0.2) is 42.5 Å². The minimum absolute atomic E-state index is 0.0327. The Balaban J connectivity index is 1.96. The van der Waals surface area contributed by atoms with Gasteiger partial charge in [-0.1, -0.05) is 12.1 Å². The molecule has 1 N–H and O–H groups in total. The molecule has 0 bridgehead atoms. The summed E-state index contributed by atoms with van der Waals surface area (Å²) in [6.45, 7) is 0. The lowest BCUT2D eigenvalue weighted by Gasteiger charge is -2.26. The molecule has 112 valence electrons. The molecule has 0 aromatic heterocycles. The van der Waals surface area contributed by atoms with E-state index in [-0.39, 0.29) is 17.8 Å². The van der Waals surface area contributed by atoms with Gasteiger partial charge in [0, 0.05) is 6.07 Å². The Morgan fingerprint density at radius 1 is 1.27 bits per heavy atom. The number of aromatic carboxylic acids is 1. The van der Waals surface area contributed by atoms with Crippen LogP contribution in [0.25, 0.3) is 0 Å². The lowest BCUT2D eigenvalue weighted by atomic mass is 9.95. The highest BCUT2D eigenvalue weighted by atomic mass is 16.5. The third-order valence-electron chi connectivity index (χ3n) is 3.63. The molecule has 0 aliphatic carbocycles. The molecule has 0 amide bonds. The van der Waals surface area contributed by atoms with Gasteiger partial charge >= 0.3 is 5.97 Å². The van der Waals surface area contributed by atoms with Crippen molar-refractivity contribution in [2.24, 2.45) is 0 Å². The molecule has 2 aromatic carbocycles. The van der Waals surface area contributed by atoms with E-state index in [1.807, 2.05) is 0 Å². The van der Waals surface area contributed by atoms with Crippen molar-refractivity contribution >= 4 is 11.8 Å². The predicted octanol–water partition coefficient (Wildman–Crippen LogP) is 3.10. The third-order valence-corrected chi connectivity index (χ3v) is 3.63. The predicted molar refractivity (Wildman–Crippen MR) is 78.7 cm³/mol. The molecule has 1 heterocycles. The van der Waals surface area contributed by atoms with Crippen molar-refractivity contribution in [3.05, 3.63) is 59.2 Å². The summed E-state index contributed by atoms with van der Waals surface area (Å²) in [7, 11) is 1.54. The summed E-state index contributed by atoms with van der Waals surface area (Å²) in [4.78, 5) is 23.3. The molecule has 5 nitrogen and oxygen atoms in total. The molecule has 0 spiro atoms. The van der Waals surface area contributed by atoms with Gasteiger partial charge in [-0.15, -0.1) is 0 Å². The van der Waals surface area contributed by atoms with E-state index in [2.05, 4.69) is 0 Å². The number of carboxylic acids is 1. The molecule has 0 radical (unpaired) electrons. The fourth-order valence-electron chi connectivity index (χ4n) is 2.49. The number of hydrogen-bond acceptors (Lipinski definition) is 4. The van der Waals surface area contributed by atoms with Crippen molar-refractivity contribution in [1.82, 2.24) is 0 Å². The summed E-state index contributed by atoms with van der Waals surface area (Å²) in [5, 5.41) is 9.06. The van der Waals surface area contributed by atoms with Crippen LogP contribution < -0.4 is 9.47 Å². The molecule has 3 rings (SSSR count). The Morgan fingerprint density at radius 2 is 2.09 bits per heavy atom. The van der Waals surface area contributed by atoms with Crippen molar-refractivity contribution in [2.45, 2.75) is 12.5 Å². The largest absolute Gasteiger partial charge is 0.497 e. The van der Waals surface area contributed by atoms with E-state index in [0.717, 1.165) is 0 Å². The van der Waals surface area contributed by atoms with Crippen LogP contribution in [0, 0.1) is 0 Å². The maximum atomic E-state index is 12.3. The number of benzene rings is 2. The number of Topliss-reactive ketones (excluding diaryl/α,β-unsaturated/α-hetero) is 1. The topological polar surface area (TPSA) is 72.8 Å². The van der Waals surface area contributed by atoms with Crippen LogP contribution in [0.1, 0.15) is 38.8 Å². The van der Waals surface area contributed by atoms with Crippen molar-refractivity contribution < 1.29 is 24.2 Å². The van der Waals surface area contributed by atoms with Crippen molar-refractivity contribution in [3.63, 3.8) is 0 Å². The Hall–Kier alpha value is -2.82. The van der Waals surface area contributed by atoms with Gasteiger partial charge < -0.3 is 14.6 Å². The van der Waals surface area contributed by atoms with Gasteiger partial charge in [0.1, 0.15) is 17.6 Å². The quantitative estimate of drug-likeness (QED) is 0.942. The SMILES string of the molecule is COc1ccc2c(c1)OC(c1cccc(C(=O)O)c1)CC2=O. The number of ether oxygens (including phenoxy) is 2. The van der Waals surface area contributed by atoms with Crippen LogP contribution in [0.2, 0.25) is 0 Å². The molecular weight excluding hydrogens is 284 g/mol. The normalized spacial score (nSPS) is 16.6. The highest BCUT2D eigenvalue weighted by Gasteiger charge is 2.28. The van der Waals surface area contributed by atoms with E-state index < -0.39 is 12.1 Å². The Labute approximate surface area is 127 Å². The monoisotopic (exact) mass is 298 g/mol. The lowest BCUT2D eigenvalue weighted by molar-refractivity contribution is 0.0696. The zero-order valence-corrected chi connectivity index (χ0v) is 11.9. The van der Waals surface area contributed by atoms with Crippen LogP contribution in [0.4, 0.5) is 0 Å². The molecule has 5 heteroatoms. The smallest absolute Gasteiger partial charge is 0.335 e. The van der Waals surface area contributed by atoms with Gasteiger partial charge in [0.2, 0.25) is 0 Å². The average Bonchev–Trinajstić information content (AvgIpc) is 2.54. The molecule has 0 saturated carbocycles. The number of rotatable bonds is 3. The molecule has 2 aromatic rings. The summed E-state index contributed by atoms with van der Waals surface area (Å²) in [5.74, 6) is 0.0218. The van der Waals surface area contributed by atoms with Gasteiger partial charge in [-0.25, -0.2) is 4.79 Å². The number of carbonyl (C=O) groups is 2. The second-order valence-corrected chi connectivity index (χ2v) is 5.03. The molecule has 1 aliphatic rings. The van der Waals surface area contributed by atoms with Gasteiger partial charge in [-0.3, -0.25) is 4.79 Å². The maximum Gasteiger partial charge on any atom is 0.335 e. The minimum atomic E-state index is -1.01.